The van der Waals surface area contributed by atoms with Crippen LogP contribution >= 0.6 is 34.5 Å². The molecule has 1 N–H and O–H groups in total. The summed E-state index contributed by atoms with van der Waals surface area (Å²) in [5.74, 6) is 1.72. The van der Waals surface area contributed by atoms with Gasteiger partial charge in [-0.05, 0) is 25.8 Å². The van der Waals surface area contributed by atoms with Gasteiger partial charge < -0.3 is 5.32 Å². The second-order valence-electron chi connectivity index (χ2n) is 4.71. The number of nitrogens with zero attached hydrogens (tertiary/aromatic N) is 2. The predicted octanol–water partition coefficient (Wildman–Crippen LogP) is 4.35. The molecule has 2 aromatic heterocycles. The molecule has 0 atom stereocenters. The van der Waals surface area contributed by atoms with E-state index in [4.69, 9.17) is 23.2 Å². The lowest BCUT2D eigenvalue weighted by molar-refractivity contribution is 0.558. The lowest BCUT2D eigenvalue weighted by atomic mass is 10.0. The maximum atomic E-state index is 6.08. The number of alkyl halides is 2. The van der Waals surface area contributed by atoms with E-state index in [1.165, 1.54) is 10.4 Å². The summed E-state index contributed by atoms with van der Waals surface area (Å²) in [6, 6.07) is 0. The van der Waals surface area contributed by atoms with Gasteiger partial charge in [0, 0.05) is 16.6 Å². The summed E-state index contributed by atoms with van der Waals surface area (Å²) in [6.07, 6.45) is 2.43. The first-order valence-electron chi connectivity index (χ1n) is 6.17. The maximum absolute atomic E-state index is 6.08. The SMILES string of the molecule is CCC(CCl)(CCl)Nc1ncnc2sc(C)c(C)c12. The largest absolute Gasteiger partial charge is 0.362 e. The van der Waals surface area contributed by atoms with E-state index >= 15 is 0 Å². The first-order chi connectivity index (χ1) is 9.06. The standard InChI is InChI=1S/C13H17Cl2N3S/c1-4-13(5-14,6-15)18-11-10-8(2)9(3)19-12(10)17-7-16-11/h7H,4-6H2,1-3H3,(H,16,17,18). The Hall–Kier alpha value is -0.580. The number of aromatic nitrogens is 2. The topological polar surface area (TPSA) is 37.8 Å². The molecule has 0 aromatic carbocycles. The van der Waals surface area contributed by atoms with Crippen molar-refractivity contribution in [2.45, 2.75) is 32.7 Å². The van der Waals surface area contributed by atoms with E-state index in [-0.39, 0.29) is 5.54 Å². The molecular formula is C13H17Cl2N3S. The van der Waals surface area contributed by atoms with E-state index < -0.39 is 0 Å². The molecule has 3 nitrogen and oxygen atoms in total. The van der Waals surface area contributed by atoms with Crippen molar-refractivity contribution in [1.29, 1.82) is 0 Å². The zero-order valence-corrected chi connectivity index (χ0v) is 13.6. The number of hydrogen-bond donors (Lipinski definition) is 1. The van der Waals surface area contributed by atoms with Crippen LogP contribution < -0.4 is 5.32 Å². The van der Waals surface area contributed by atoms with Crippen molar-refractivity contribution in [2.24, 2.45) is 0 Å². The van der Waals surface area contributed by atoms with E-state index in [1.807, 2.05) is 0 Å². The summed E-state index contributed by atoms with van der Waals surface area (Å²) in [7, 11) is 0. The van der Waals surface area contributed by atoms with Gasteiger partial charge in [0.25, 0.3) is 0 Å². The zero-order valence-electron chi connectivity index (χ0n) is 11.3. The van der Waals surface area contributed by atoms with Crippen LogP contribution in [0.3, 0.4) is 0 Å². The summed E-state index contributed by atoms with van der Waals surface area (Å²) in [5.41, 5.74) is 0.893. The fourth-order valence-electron chi connectivity index (χ4n) is 1.91. The van der Waals surface area contributed by atoms with E-state index in [9.17, 15) is 0 Å². The summed E-state index contributed by atoms with van der Waals surface area (Å²) < 4.78 is 0. The molecule has 0 unspecified atom stereocenters. The van der Waals surface area contributed by atoms with Gasteiger partial charge in [-0.2, -0.15) is 0 Å². The van der Waals surface area contributed by atoms with Gasteiger partial charge in [0.15, 0.2) is 0 Å². The van der Waals surface area contributed by atoms with Crippen molar-refractivity contribution in [2.75, 3.05) is 17.1 Å². The first-order valence-corrected chi connectivity index (χ1v) is 8.06. The molecular weight excluding hydrogens is 301 g/mol. The Labute approximate surface area is 127 Å². The van der Waals surface area contributed by atoms with Gasteiger partial charge in [0.05, 0.1) is 10.9 Å². The summed E-state index contributed by atoms with van der Waals surface area (Å²) in [4.78, 5) is 11.0. The Bertz CT molecular complexity index is 570. The average molecular weight is 318 g/mol. The Morgan fingerprint density at radius 3 is 2.53 bits per heavy atom. The number of aryl methyl sites for hydroxylation is 2. The van der Waals surface area contributed by atoms with E-state index in [0.717, 1.165) is 22.5 Å². The third-order valence-electron chi connectivity index (χ3n) is 3.54. The second-order valence-corrected chi connectivity index (χ2v) is 6.45. The van der Waals surface area contributed by atoms with E-state index in [0.29, 0.717) is 11.8 Å². The van der Waals surface area contributed by atoms with Gasteiger partial charge >= 0.3 is 0 Å². The quantitative estimate of drug-likeness (QED) is 0.833. The molecule has 2 rings (SSSR count). The number of thiophene rings is 1. The summed E-state index contributed by atoms with van der Waals surface area (Å²) in [5, 5.41) is 4.51. The number of anilines is 1. The minimum absolute atomic E-state index is 0.327. The monoisotopic (exact) mass is 317 g/mol. The van der Waals surface area contributed by atoms with Crippen LogP contribution in [-0.4, -0.2) is 27.3 Å². The van der Waals surface area contributed by atoms with Crippen LogP contribution in [0.5, 0.6) is 0 Å². The first kappa shape index (κ1) is 14.8. The van der Waals surface area contributed by atoms with Crippen LogP contribution in [0.2, 0.25) is 0 Å². The van der Waals surface area contributed by atoms with E-state index in [2.05, 4.69) is 36.1 Å². The molecule has 0 saturated carbocycles. The predicted molar refractivity (Wildman–Crippen MR) is 85.0 cm³/mol. The Kier molecular flexibility index (Phi) is 4.54. The Morgan fingerprint density at radius 1 is 1.26 bits per heavy atom. The number of nitrogens with one attached hydrogen (secondary N) is 1. The molecule has 0 fully saturated rings. The minimum atomic E-state index is -0.327. The highest BCUT2D eigenvalue weighted by atomic mass is 35.5. The molecule has 104 valence electrons. The van der Waals surface area contributed by atoms with Crippen LogP contribution in [0.15, 0.2) is 6.33 Å². The highest BCUT2D eigenvalue weighted by Gasteiger charge is 2.27. The van der Waals surface area contributed by atoms with Crippen LogP contribution in [-0.2, 0) is 0 Å². The smallest absolute Gasteiger partial charge is 0.138 e. The third kappa shape index (κ3) is 2.67. The molecule has 2 heterocycles. The fraction of sp³-hybridized carbons (Fsp3) is 0.538. The van der Waals surface area contributed by atoms with Gasteiger partial charge in [0.1, 0.15) is 17.0 Å². The third-order valence-corrected chi connectivity index (χ3v) is 5.68. The van der Waals surface area contributed by atoms with Gasteiger partial charge in [0.2, 0.25) is 0 Å². The maximum Gasteiger partial charge on any atom is 0.138 e. The Morgan fingerprint density at radius 2 is 1.95 bits per heavy atom. The molecule has 0 spiro atoms. The highest BCUT2D eigenvalue weighted by Crippen LogP contribution is 2.34. The highest BCUT2D eigenvalue weighted by molar-refractivity contribution is 7.18. The number of fused-ring (bicyclic) bond motifs is 1. The molecule has 19 heavy (non-hydrogen) atoms. The van der Waals surface area contributed by atoms with Gasteiger partial charge in [-0.1, -0.05) is 6.92 Å². The van der Waals surface area contributed by atoms with Crippen molar-refractivity contribution in [1.82, 2.24) is 9.97 Å². The zero-order chi connectivity index (χ0) is 14.0. The molecule has 2 aromatic rings. The number of hydrogen-bond acceptors (Lipinski definition) is 4. The van der Waals surface area contributed by atoms with E-state index in [1.54, 1.807) is 17.7 Å². The normalized spacial score (nSPS) is 12.1. The average Bonchev–Trinajstić information content (AvgIpc) is 2.73. The molecule has 0 radical (unpaired) electrons. The van der Waals surface area contributed by atoms with Crippen LogP contribution in [0.4, 0.5) is 5.82 Å². The molecule has 0 aliphatic heterocycles. The van der Waals surface area contributed by atoms with Gasteiger partial charge in [-0.15, -0.1) is 34.5 Å². The molecule has 6 heteroatoms. The molecule has 0 amide bonds. The van der Waals surface area contributed by atoms with Crippen LogP contribution in [0, 0.1) is 13.8 Å². The van der Waals surface area contributed by atoms with Gasteiger partial charge in [-0.25, -0.2) is 9.97 Å². The van der Waals surface area contributed by atoms with Crippen LogP contribution in [0.25, 0.3) is 10.2 Å². The minimum Gasteiger partial charge on any atom is -0.362 e. The van der Waals surface area contributed by atoms with Crippen molar-refractivity contribution >= 4 is 50.6 Å². The molecule has 0 aliphatic carbocycles. The lowest BCUT2D eigenvalue weighted by Crippen LogP contribution is -2.42. The number of halogens is 2. The second kappa shape index (κ2) is 5.81. The molecule has 0 saturated heterocycles. The van der Waals surface area contributed by atoms with Crippen LogP contribution in [0.1, 0.15) is 23.8 Å². The number of rotatable bonds is 5. The fourth-order valence-corrected chi connectivity index (χ4v) is 3.70. The Balaban J connectivity index is 2.51. The molecule has 0 bridgehead atoms. The van der Waals surface area contributed by atoms with Gasteiger partial charge in [-0.3, -0.25) is 0 Å². The van der Waals surface area contributed by atoms with Crippen molar-refractivity contribution < 1.29 is 0 Å². The summed E-state index contributed by atoms with van der Waals surface area (Å²) in [6.45, 7) is 6.27. The molecule has 0 aliphatic rings. The summed E-state index contributed by atoms with van der Waals surface area (Å²) >= 11 is 13.9. The van der Waals surface area contributed by atoms with Crippen molar-refractivity contribution in [3.05, 3.63) is 16.8 Å². The lowest BCUT2D eigenvalue weighted by Gasteiger charge is -2.30. The van der Waals surface area contributed by atoms with Crippen molar-refractivity contribution in [3.8, 4) is 0 Å². The van der Waals surface area contributed by atoms with Crippen molar-refractivity contribution in [3.63, 3.8) is 0 Å².